The fourth-order valence-corrected chi connectivity index (χ4v) is 2.27. The maximum atomic E-state index is 11.9. The van der Waals surface area contributed by atoms with Crippen molar-refractivity contribution in [2.75, 3.05) is 18.0 Å². The first kappa shape index (κ1) is 14.3. The number of Topliss-reactive ketones (excluding diaryl/α,β-unsaturated/α-hetero) is 1. The highest BCUT2D eigenvalue weighted by Crippen LogP contribution is 2.22. The van der Waals surface area contributed by atoms with Crippen LogP contribution in [0.3, 0.4) is 0 Å². The van der Waals surface area contributed by atoms with Crippen LogP contribution in [-0.2, 0) is 0 Å². The number of carbonyl (C=O) groups excluding carboxylic acids is 1. The molecule has 0 N–H and O–H groups in total. The smallest absolute Gasteiger partial charge is 0.347 e. The highest BCUT2D eigenvalue weighted by atomic mass is 16.4. The molecule has 0 spiro atoms. The van der Waals surface area contributed by atoms with E-state index in [1.54, 1.807) is 13.0 Å². The lowest BCUT2D eigenvalue weighted by atomic mass is 10.1. The van der Waals surface area contributed by atoms with Crippen LogP contribution in [0, 0.1) is 0 Å². The van der Waals surface area contributed by atoms with Gasteiger partial charge < -0.3 is 9.32 Å². The summed E-state index contributed by atoms with van der Waals surface area (Å²) in [6.45, 7) is 7.66. The second-order valence-corrected chi connectivity index (χ2v) is 4.62. The Morgan fingerprint density at radius 2 is 1.85 bits per heavy atom. The van der Waals surface area contributed by atoms with Crippen molar-refractivity contribution in [1.29, 1.82) is 0 Å². The number of hydrogen-bond donors (Lipinski definition) is 0. The van der Waals surface area contributed by atoms with E-state index in [2.05, 4.69) is 18.7 Å². The number of anilines is 1. The zero-order valence-corrected chi connectivity index (χ0v) is 12.1. The normalized spacial score (nSPS) is 10.8. The summed E-state index contributed by atoms with van der Waals surface area (Å²) in [5, 5.41) is 0.775. The fraction of sp³-hybridized carbons (Fsp3) is 0.375. The number of nitrogens with zero attached hydrogens (tertiary/aromatic N) is 1. The molecule has 1 aromatic heterocycles. The molecule has 0 aliphatic carbocycles. The van der Waals surface area contributed by atoms with Gasteiger partial charge in [0.1, 0.15) is 11.1 Å². The molecule has 0 aliphatic rings. The van der Waals surface area contributed by atoms with E-state index in [0.717, 1.165) is 24.2 Å². The van der Waals surface area contributed by atoms with E-state index in [9.17, 15) is 9.59 Å². The Hall–Kier alpha value is -2.10. The molecule has 0 unspecified atom stereocenters. The van der Waals surface area contributed by atoms with Crippen molar-refractivity contribution >= 4 is 22.4 Å². The van der Waals surface area contributed by atoms with Crippen molar-refractivity contribution in [2.45, 2.75) is 27.2 Å². The van der Waals surface area contributed by atoms with Crippen LogP contribution in [0.1, 0.15) is 37.6 Å². The molecule has 2 aromatic rings. The van der Waals surface area contributed by atoms with Gasteiger partial charge in [-0.15, -0.1) is 0 Å². The second-order valence-electron chi connectivity index (χ2n) is 4.62. The van der Waals surface area contributed by atoms with E-state index < -0.39 is 5.63 Å². The molecule has 106 valence electrons. The quantitative estimate of drug-likeness (QED) is 0.620. The van der Waals surface area contributed by atoms with E-state index in [1.165, 1.54) is 0 Å². The number of benzene rings is 1. The van der Waals surface area contributed by atoms with Crippen LogP contribution >= 0.6 is 0 Å². The van der Waals surface area contributed by atoms with Gasteiger partial charge in [-0.1, -0.05) is 6.92 Å². The van der Waals surface area contributed by atoms with Gasteiger partial charge in [0.05, 0.1) is 0 Å². The van der Waals surface area contributed by atoms with Gasteiger partial charge in [-0.2, -0.15) is 0 Å². The topological polar surface area (TPSA) is 50.5 Å². The first-order valence-electron chi connectivity index (χ1n) is 6.96. The number of ketones is 1. The summed E-state index contributed by atoms with van der Waals surface area (Å²) in [4.78, 5) is 25.7. The predicted octanol–water partition coefficient (Wildman–Crippen LogP) is 3.23. The maximum Gasteiger partial charge on any atom is 0.347 e. The maximum absolute atomic E-state index is 11.9. The number of carbonyl (C=O) groups is 1. The van der Waals surface area contributed by atoms with Crippen molar-refractivity contribution in [3.8, 4) is 0 Å². The summed E-state index contributed by atoms with van der Waals surface area (Å²) in [6.07, 6.45) is 0.299. The molecule has 0 saturated heterocycles. The van der Waals surface area contributed by atoms with Crippen molar-refractivity contribution in [2.24, 2.45) is 0 Å². The summed E-state index contributed by atoms with van der Waals surface area (Å²) in [5.41, 5.74) is 1.11. The molecule has 0 aliphatic heterocycles. The van der Waals surface area contributed by atoms with Gasteiger partial charge in [0, 0.05) is 36.7 Å². The molecule has 1 heterocycles. The van der Waals surface area contributed by atoms with E-state index in [1.807, 2.05) is 18.2 Å². The minimum Gasteiger partial charge on any atom is -0.422 e. The molecule has 2 rings (SSSR count). The Labute approximate surface area is 118 Å². The number of rotatable bonds is 5. The summed E-state index contributed by atoms with van der Waals surface area (Å²) in [5.74, 6) is -0.187. The number of fused-ring (bicyclic) bond motifs is 1. The summed E-state index contributed by atoms with van der Waals surface area (Å²) >= 11 is 0. The highest BCUT2D eigenvalue weighted by molar-refractivity contribution is 5.98. The van der Waals surface area contributed by atoms with E-state index in [-0.39, 0.29) is 11.3 Å². The Kier molecular flexibility index (Phi) is 4.23. The molecule has 0 fully saturated rings. The first-order chi connectivity index (χ1) is 9.60. The zero-order chi connectivity index (χ0) is 14.7. The lowest BCUT2D eigenvalue weighted by molar-refractivity contribution is 0.0985. The molecular formula is C16H19NO3. The van der Waals surface area contributed by atoms with E-state index in [4.69, 9.17) is 4.42 Å². The fourth-order valence-electron chi connectivity index (χ4n) is 2.27. The molecule has 0 bridgehead atoms. The SMILES string of the molecule is CCC(=O)c1cc2ccc(N(CC)CC)cc2oc1=O. The molecular weight excluding hydrogens is 254 g/mol. The largest absolute Gasteiger partial charge is 0.422 e. The van der Waals surface area contributed by atoms with Crippen molar-refractivity contribution in [1.82, 2.24) is 0 Å². The third-order valence-corrected chi connectivity index (χ3v) is 3.47. The molecule has 0 amide bonds. The minimum absolute atomic E-state index is 0.135. The van der Waals surface area contributed by atoms with Crippen LogP contribution in [0.2, 0.25) is 0 Å². The van der Waals surface area contributed by atoms with E-state index >= 15 is 0 Å². The minimum atomic E-state index is -0.555. The van der Waals surface area contributed by atoms with Crippen molar-refractivity contribution in [3.63, 3.8) is 0 Å². The monoisotopic (exact) mass is 273 g/mol. The standard InChI is InChI=1S/C16H19NO3/c1-4-14(18)13-9-11-7-8-12(17(5-2)6-3)10-15(11)20-16(13)19/h7-10H,4-6H2,1-3H3. The highest BCUT2D eigenvalue weighted by Gasteiger charge is 2.12. The average Bonchev–Trinajstić information content (AvgIpc) is 2.47. The molecule has 0 atom stereocenters. The Balaban J connectivity index is 2.55. The van der Waals surface area contributed by atoms with Crippen molar-refractivity contribution in [3.05, 3.63) is 40.2 Å². The third kappa shape index (κ3) is 2.59. The summed E-state index contributed by atoms with van der Waals surface area (Å²) in [6, 6.07) is 7.34. The molecule has 1 aromatic carbocycles. The second kappa shape index (κ2) is 5.90. The molecule has 4 heteroatoms. The van der Waals surface area contributed by atoms with Crippen LogP contribution in [0.25, 0.3) is 11.0 Å². The van der Waals surface area contributed by atoms with Gasteiger partial charge >= 0.3 is 5.63 Å². The van der Waals surface area contributed by atoms with Gasteiger partial charge in [-0.05, 0) is 32.0 Å². The van der Waals surface area contributed by atoms with Gasteiger partial charge in [0.15, 0.2) is 5.78 Å². The van der Waals surface area contributed by atoms with Crippen LogP contribution in [0.4, 0.5) is 5.69 Å². The van der Waals surface area contributed by atoms with Gasteiger partial charge in [-0.3, -0.25) is 4.79 Å². The van der Waals surface area contributed by atoms with Gasteiger partial charge in [-0.25, -0.2) is 4.79 Å². The van der Waals surface area contributed by atoms with Crippen LogP contribution in [-0.4, -0.2) is 18.9 Å². The molecule has 0 saturated carbocycles. The Morgan fingerprint density at radius 3 is 2.45 bits per heavy atom. The van der Waals surface area contributed by atoms with Crippen LogP contribution in [0.5, 0.6) is 0 Å². The zero-order valence-electron chi connectivity index (χ0n) is 12.1. The van der Waals surface area contributed by atoms with Crippen molar-refractivity contribution < 1.29 is 9.21 Å². The van der Waals surface area contributed by atoms with Gasteiger partial charge in [0.2, 0.25) is 0 Å². The molecule has 0 radical (unpaired) electrons. The molecule has 20 heavy (non-hydrogen) atoms. The van der Waals surface area contributed by atoms with Gasteiger partial charge in [0.25, 0.3) is 0 Å². The number of hydrogen-bond acceptors (Lipinski definition) is 4. The lowest BCUT2D eigenvalue weighted by Gasteiger charge is -2.20. The Morgan fingerprint density at radius 1 is 1.15 bits per heavy atom. The molecule has 4 nitrogen and oxygen atoms in total. The average molecular weight is 273 g/mol. The third-order valence-electron chi connectivity index (χ3n) is 3.47. The lowest BCUT2D eigenvalue weighted by Crippen LogP contribution is -2.21. The predicted molar refractivity (Wildman–Crippen MR) is 80.7 cm³/mol. The van der Waals surface area contributed by atoms with Crippen LogP contribution < -0.4 is 10.5 Å². The van der Waals surface area contributed by atoms with E-state index in [0.29, 0.717) is 12.0 Å². The Bertz CT molecular complexity index is 684. The first-order valence-corrected chi connectivity index (χ1v) is 6.96. The summed E-state index contributed by atoms with van der Waals surface area (Å²) < 4.78 is 5.29. The van der Waals surface area contributed by atoms with Crippen LogP contribution in [0.15, 0.2) is 33.5 Å². The summed E-state index contributed by atoms with van der Waals surface area (Å²) in [7, 11) is 0.